The van der Waals surface area contributed by atoms with Crippen molar-refractivity contribution >= 4 is 5.97 Å². The summed E-state index contributed by atoms with van der Waals surface area (Å²) in [6, 6.07) is 18.9. The summed E-state index contributed by atoms with van der Waals surface area (Å²) in [5.41, 5.74) is 3.40. The van der Waals surface area contributed by atoms with E-state index in [2.05, 4.69) is 0 Å². The molecule has 3 aromatic rings. The minimum atomic E-state index is -0.911. The SMILES string of the molecule is CCCOc1ccc2c(c1)C(c1ccccc1OCOCCO)C(C(=O)O)C2c1ccc2c(c1)OCO2. The summed E-state index contributed by atoms with van der Waals surface area (Å²) in [5, 5.41) is 19.6. The highest BCUT2D eigenvalue weighted by atomic mass is 16.7. The van der Waals surface area contributed by atoms with Crippen molar-refractivity contribution in [1.29, 1.82) is 0 Å². The lowest BCUT2D eigenvalue weighted by Gasteiger charge is -2.24. The first-order valence-corrected chi connectivity index (χ1v) is 12.4. The van der Waals surface area contributed by atoms with Crippen LogP contribution in [0, 0.1) is 5.92 Å². The van der Waals surface area contributed by atoms with E-state index >= 15 is 0 Å². The van der Waals surface area contributed by atoms with E-state index in [0.29, 0.717) is 29.6 Å². The standard InChI is InChI=1S/C29H30O8/c1-2-12-34-19-8-9-20-22(15-19)27(21-5-3-4-6-23(21)35-16-33-13-11-30)28(29(31)32)26(20)18-7-10-24-25(14-18)37-17-36-24/h3-10,14-15,26-28,30H,2,11-13,16-17H2,1H3,(H,31,32). The number of carbonyl (C=O) groups is 1. The van der Waals surface area contributed by atoms with Gasteiger partial charge in [0.2, 0.25) is 6.79 Å². The lowest BCUT2D eigenvalue weighted by Crippen LogP contribution is -2.24. The zero-order valence-corrected chi connectivity index (χ0v) is 20.6. The monoisotopic (exact) mass is 506 g/mol. The van der Waals surface area contributed by atoms with Gasteiger partial charge in [-0.1, -0.05) is 37.3 Å². The van der Waals surface area contributed by atoms with E-state index in [1.54, 1.807) is 0 Å². The van der Waals surface area contributed by atoms with Gasteiger partial charge in [-0.15, -0.1) is 0 Å². The van der Waals surface area contributed by atoms with Crippen molar-refractivity contribution in [3.8, 4) is 23.0 Å². The van der Waals surface area contributed by atoms with E-state index < -0.39 is 23.7 Å². The molecule has 2 N–H and O–H groups in total. The molecule has 0 radical (unpaired) electrons. The van der Waals surface area contributed by atoms with Crippen LogP contribution in [0.15, 0.2) is 60.7 Å². The number of para-hydroxylation sites is 1. The molecule has 0 bridgehead atoms. The number of aliphatic hydroxyl groups excluding tert-OH is 1. The first-order chi connectivity index (χ1) is 18.1. The topological polar surface area (TPSA) is 104 Å². The number of carboxylic acids is 1. The van der Waals surface area contributed by atoms with Crippen molar-refractivity contribution in [2.45, 2.75) is 25.2 Å². The van der Waals surface area contributed by atoms with E-state index in [9.17, 15) is 9.90 Å². The van der Waals surface area contributed by atoms with Crippen molar-refractivity contribution in [2.24, 2.45) is 5.92 Å². The molecule has 37 heavy (non-hydrogen) atoms. The maximum atomic E-state index is 13.0. The quantitative estimate of drug-likeness (QED) is 0.289. The average molecular weight is 507 g/mol. The van der Waals surface area contributed by atoms with Crippen LogP contribution in [0.1, 0.15) is 47.4 Å². The largest absolute Gasteiger partial charge is 0.494 e. The second-order valence-corrected chi connectivity index (χ2v) is 9.00. The minimum Gasteiger partial charge on any atom is -0.494 e. The zero-order valence-electron chi connectivity index (χ0n) is 20.6. The third-order valence-corrected chi connectivity index (χ3v) is 6.75. The molecule has 0 saturated carbocycles. The van der Waals surface area contributed by atoms with Crippen LogP contribution in [0.4, 0.5) is 0 Å². The molecule has 194 valence electrons. The van der Waals surface area contributed by atoms with Gasteiger partial charge in [0.15, 0.2) is 18.3 Å². The molecule has 0 amide bonds. The molecule has 2 aliphatic rings. The van der Waals surface area contributed by atoms with Crippen LogP contribution in [0.2, 0.25) is 0 Å². The van der Waals surface area contributed by atoms with Gasteiger partial charge in [-0.2, -0.15) is 0 Å². The number of aliphatic hydroxyl groups is 1. The molecule has 0 aromatic heterocycles. The fourth-order valence-electron chi connectivity index (χ4n) is 5.23. The van der Waals surface area contributed by atoms with Crippen LogP contribution in [-0.2, 0) is 9.53 Å². The Morgan fingerprint density at radius 2 is 1.76 bits per heavy atom. The number of fused-ring (bicyclic) bond motifs is 2. The van der Waals surface area contributed by atoms with Crippen LogP contribution < -0.4 is 18.9 Å². The van der Waals surface area contributed by atoms with Crippen LogP contribution in [0.25, 0.3) is 0 Å². The molecule has 5 rings (SSSR count). The lowest BCUT2D eigenvalue weighted by atomic mass is 9.79. The highest BCUT2D eigenvalue weighted by Crippen LogP contribution is 2.55. The molecular weight excluding hydrogens is 476 g/mol. The molecule has 0 fully saturated rings. The number of benzene rings is 3. The van der Waals surface area contributed by atoms with E-state index in [0.717, 1.165) is 28.7 Å². The fourth-order valence-corrected chi connectivity index (χ4v) is 5.23. The van der Waals surface area contributed by atoms with Crippen molar-refractivity contribution in [2.75, 3.05) is 33.4 Å². The Bertz CT molecular complexity index is 1260. The van der Waals surface area contributed by atoms with E-state index in [1.165, 1.54) is 0 Å². The highest BCUT2D eigenvalue weighted by molar-refractivity contribution is 5.78. The van der Waals surface area contributed by atoms with Crippen molar-refractivity contribution in [1.82, 2.24) is 0 Å². The second-order valence-electron chi connectivity index (χ2n) is 9.00. The Morgan fingerprint density at radius 1 is 0.919 bits per heavy atom. The Kier molecular flexibility index (Phi) is 7.48. The summed E-state index contributed by atoms with van der Waals surface area (Å²) in [6.45, 7) is 2.74. The van der Waals surface area contributed by atoms with Gasteiger partial charge >= 0.3 is 5.97 Å². The van der Waals surface area contributed by atoms with Gasteiger partial charge in [0.1, 0.15) is 11.5 Å². The first kappa shape index (κ1) is 24.9. The summed E-state index contributed by atoms with van der Waals surface area (Å²) in [4.78, 5) is 13.0. The van der Waals surface area contributed by atoms with Gasteiger partial charge in [0, 0.05) is 17.4 Å². The Labute approximate surface area is 215 Å². The van der Waals surface area contributed by atoms with Gasteiger partial charge in [-0.3, -0.25) is 4.79 Å². The van der Waals surface area contributed by atoms with Crippen LogP contribution in [0.3, 0.4) is 0 Å². The van der Waals surface area contributed by atoms with Gasteiger partial charge in [-0.05, 0) is 53.4 Å². The Hall–Kier alpha value is -3.75. The molecule has 3 unspecified atom stereocenters. The molecule has 1 heterocycles. The van der Waals surface area contributed by atoms with Gasteiger partial charge in [0.25, 0.3) is 0 Å². The summed E-state index contributed by atoms with van der Waals surface area (Å²) >= 11 is 0. The van der Waals surface area contributed by atoms with E-state index in [1.807, 2.05) is 67.6 Å². The third kappa shape index (κ3) is 4.95. The predicted octanol–water partition coefficient (Wildman–Crippen LogP) is 4.53. The van der Waals surface area contributed by atoms with E-state index in [4.69, 9.17) is 28.8 Å². The fraction of sp³-hybridized carbons (Fsp3) is 0.345. The molecule has 1 aliphatic carbocycles. The van der Waals surface area contributed by atoms with Crippen LogP contribution in [0.5, 0.6) is 23.0 Å². The average Bonchev–Trinajstić information content (AvgIpc) is 3.52. The number of rotatable bonds is 11. The molecule has 0 spiro atoms. The van der Waals surface area contributed by atoms with Crippen LogP contribution in [-0.4, -0.2) is 49.6 Å². The summed E-state index contributed by atoms with van der Waals surface area (Å²) in [6.07, 6.45) is 0.864. The maximum Gasteiger partial charge on any atom is 0.308 e. The van der Waals surface area contributed by atoms with Gasteiger partial charge in [0.05, 0.1) is 25.7 Å². The van der Waals surface area contributed by atoms with Crippen molar-refractivity contribution in [3.05, 3.63) is 82.9 Å². The number of ether oxygens (including phenoxy) is 5. The van der Waals surface area contributed by atoms with Gasteiger partial charge in [-0.25, -0.2) is 0 Å². The van der Waals surface area contributed by atoms with Gasteiger partial charge < -0.3 is 33.9 Å². The van der Waals surface area contributed by atoms with Crippen molar-refractivity contribution in [3.63, 3.8) is 0 Å². The number of hydrogen-bond acceptors (Lipinski definition) is 7. The molecule has 3 atom stereocenters. The zero-order chi connectivity index (χ0) is 25.8. The number of hydrogen-bond donors (Lipinski definition) is 2. The second kappa shape index (κ2) is 11.1. The molecule has 1 aliphatic heterocycles. The maximum absolute atomic E-state index is 13.0. The first-order valence-electron chi connectivity index (χ1n) is 12.4. The third-order valence-electron chi connectivity index (χ3n) is 6.75. The number of aliphatic carboxylic acids is 1. The normalized spacial score (nSPS) is 19.5. The predicted molar refractivity (Wildman–Crippen MR) is 135 cm³/mol. The highest BCUT2D eigenvalue weighted by Gasteiger charge is 2.47. The Balaban J connectivity index is 1.62. The molecule has 0 saturated heterocycles. The number of carboxylic acid groups (broad SMARTS) is 1. The minimum absolute atomic E-state index is 0.0554. The van der Waals surface area contributed by atoms with Crippen molar-refractivity contribution < 1.29 is 38.7 Å². The summed E-state index contributed by atoms with van der Waals surface area (Å²) in [7, 11) is 0. The smallest absolute Gasteiger partial charge is 0.308 e. The summed E-state index contributed by atoms with van der Waals surface area (Å²) in [5.74, 6) is -0.145. The Morgan fingerprint density at radius 3 is 2.57 bits per heavy atom. The molecule has 8 heteroatoms. The molecular formula is C29H30O8. The molecule has 8 nitrogen and oxygen atoms in total. The van der Waals surface area contributed by atoms with E-state index in [-0.39, 0.29) is 26.8 Å². The summed E-state index contributed by atoms with van der Waals surface area (Å²) < 4.78 is 28.2. The molecule has 3 aromatic carbocycles. The lowest BCUT2D eigenvalue weighted by molar-refractivity contribution is -0.142. The van der Waals surface area contributed by atoms with Crippen LogP contribution >= 0.6 is 0 Å².